The van der Waals surface area contributed by atoms with Crippen molar-refractivity contribution in [2.24, 2.45) is 23.2 Å². The molecule has 116 valence electrons. The van der Waals surface area contributed by atoms with Crippen molar-refractivity contribution in [3.63, 3.8) is 0 Å². The molecule has 1 N–H and O–H groups in total. The molecule has 0 radical (unpaired) electrons. The summed E-state index contributed by atoms with van der Waals surface area (Å²) in [6, 6.07) is 0. The lowest BCUT2D eigenvalue weighted by atomic mass is 9.50. The fourth-order valence-corrected chi connectivity index (χ4v) is 5.59. The quantitative estimate of drug-likeness (QED) is 0.812. The largest absolute Gasteiger partial charge is 0.472 e. The second-order valence-electron chi connectivity index (χ2n) is 6.73. The van der Waals surface area contributed by atoms with Gasteiger partial charge in [0.1, 0.15) is 0 Å². The van der Waals surface area contributed by atoms with Gasteiger partial charge in [0.15, 0.2) is 0 Å². The lowest BCUT2D eigenvalue weighted by molar-refractivity contribution is -0.140. The van der Waals surface area contributed by atoms with Gasteiger partial charge in [-0.2, -0.15) is 21.6 Å². The predicted molar refractivity (Wildman–Crippen MR) is 64.7 cm³/mol. The molecule has 4 saturated carbocycles. The molecule has 8 heteroatoms. The Kier molecular flexibility index (Phi) is 3.34. The minimum atomic E-state index is -4.99. The Labute approximate surface area is 116 Å². The number of rotatable bonds is 4. The summed E-state index contributed by atoms with van der Waals surface area (Å²) in [4.78, 5) is 0. The SMILES string of the molecule is O=S(=O)(NC(F)(F)F)OCC12CC3CC(CC(C3)C1)C2. The van der Waals surface area contributed by atoms with E-state index in [1.807, 2.05) is 0 Å². The van der Waals surface area contributed by atoms with E-state index in [0.29, 0.717) is 22.5 Å². The molecule has 0 aromatic carbocycles. The molecule has 4 bridgehead atoms. The summed E-state index contributed by atoms with van der Waals surface area (Å²) in [5.74, 6) is 1.80. The molecule has 0 amide bonds. The zero-order valence-electron chi connectivity index (χ0n) is 10.9. The van der Waals surface area contributed by atoms with Crippen LogP contribution in [0.2, 0.25) is 0 Å². The number of nitrogens with one attached hydrogen (secondary N) is 1. The first-order chi connectivity index (χ1) is 9.15. The van der Waals surface area contributed by atoms with Crippen LogP contribution in [-0.2, 0) is 14.5 Å². The van der Waals surface area contributed by atoms with Crippen molar-refractivity contribution < 1.29 is 25.8 Å². The average Bonchev–Trinajstić information content (AvgIpc) is 2.21. The Morgan fingerprint density at radius 1 is 1.05 bits per heavy atom. The van der Waals surface area contributed by atoms with Crippen LogP contribution in [0.5, 0.6) is 0 Å². The van der Waals surface area contributed by atoms with Crippen LogP contribution in [0.4, 0.5) is 13.2 Å². The van der Waals surface area contributed by atoms with Gasteiger partial charge in [-0.25, -0.2) is 0 Å². The fraction of sp³-hybridized carbons (Fsp3) is 1.00. The van der Waals surface area contributed by atoms with Gasteiger partial charge in [-0.3, -0.25) is 4.18 Å². The van der Waals surface area contributed by atoms with E-state index in [1.165, 1.54) is 19.3 Å². The van der Waals surface area contributed by atoms with Crippen LogP contribution >= 0.6 is 0 Å². The Morgan fingerprint density at radius 2 is 1.50 bits per heavy atom. The molecule has 4 aliphatic rings. The lowest BCUT2D eigenvalue weighted by Crippen LogP contribution is -2.49. The number of hydrogen-bond acceptors (Lipinski definition) is 3. The van der Waals surface area contributed by atoms with Crippen molar-refractivity contribution in [2.75, 3.05) is 6.61 Å². The molecule has 0 aliphatic heterocycles. The lowest BCUT2D eigenvalue weighted by Gasteiger charge is -2.56. The summed E-state index contributed by atoms with van der Waals surface area (Å²) in [5.41, 5.74) is -0.227. The standard InChI is InChI=1S/C12H18F3NO3S/c13-12(14,15)16-20(17,18)19-7-11-4-8-1-9(5-11)3-10(2-8)6-11/h8-10,16H,1-7H2. The van der Waals surface area contributed by atoms with Gasteiger partial charge in [0.05, 0.1) is 6.61 Å². The van der Waals surface area contributed by atoms with E-state index >= 15 is 0 Å². The zero-order valence-corrected chi connectivity index (χ0v) is 11.8. The summed E-state index contributed by atoms with van der Waals surface area (Å²) in [6.07, 6.45) is 1.24. The van der Waals surface area contributed by atoms with E-state index in [4.69, 9.17) is 0 Å². The van der Waals surface area contributed by atoms with Crippen LogP contribution in [0, 0.1) is 23.2 Å². The van der Waals surface area contributed by atoms with Crippen molar-refractivity contribution in [3.05, 3.63) is 0 Å². The smallest absolute Gasteiger partial charge is 0.257 e. The van der Waals surface area contributed by atoms with Crippen LogP contribution in [0.15, 0.2) is 0 Å². The van der Waals surface area contributed by atoms with Crippen molar-refractivity contribution >= 4 is 10.3 Å². The molecule has 0 spiro atoms. The summed E-state index contributed by atoms with van der Waals surface area (Å²) in [6.45, 7) is -0.123. The first-order valence-corrected chi connectivity index (χ1v) is 8.31. The maximum absolute atomic E-state index is 12.1. The molecule has 4 fully saturated rings. The molecule has 0 unspecified atom stereocenters. The normalized spacial score (nSPS) is 40.2. The Balaban J connectivity index is 1.64. The maximum Gasteiger partial charge on any atom is 0.472 e. The van der Waals surface area contributed by atoms with Gasteiger partial charge in [0.2, 0.25) is 0 Å². The van der Waals surface area contributed by atoms with Crippen molar-refractivity contribution in [1.29, 1.82) is 0 Å². The highest BCUT2D eigenvalue weighted by molar-refractivity contribution is 7.84. The Bertz CT molecular complexity index is 453. The second-order valence-corrected chi connectivity index (χ2v) is 8.08. The van der Waals surface area contributed by atoms with E-state index < -0.39 is 16.6 Å². The number of halogens is 3. The van der Waals surface area contributed by atoms with Crippen LogP contribution in [0.25, 0.3) is 0 Å². The highest BCUT2D eigenvalue weighted by atomic mass is 32.2. The minimum Gasteiger partial charge on any atom is -0.257 e. The molecule has 4 aliphatic carbocycles. The molecule has 0 aromatic heterocycles. The maximum atomic E-state index is 12.1. The fourth-order valence-electron chi connectivity index (χ4n) is 4.84. The van der Waals surface area contributed by atoms with Gasteiger partial charge in [-0.1, -0.05) is 4.72 Å². The van der Waals surface area contributed by atoms with Crippen molar-refractivity contribution in [3.8, 4) is 0 Å². The highest BCUT2D eigenvalue weighted by Gasteiger charge is 2.51. The van der Waals surface area contributed by atoms with Gasteiger partial charge in [-0.05, 0) is 61.7 Å². The van der Waals surface area contributed by atoms with E-state index in [9.17, 15) is 21.6 Å². The third kappa shape index (κ3) is 3.12. The first-order valence-electron chi connectivity index (χ1n) is 6.90. The van der Waals surface area contributed by atoms with Crippen molar-refractivity contribution in [2.45, 2.75) is 44.8 Å². The van der Waals surface area contributed by atoms with Gasteiger partial charge in [-0.15, -0.1) is 0 Å². The first kappa shape index (κ1) is 14.6. The van der Waals surface area contributed by atoms with Crippen LogP contribution in [-0.4, -0.2) is 21.3 Å². The Hall–Kier alpha value is -0.340. The summed E-state index contributed by atoms with van der Waals surface area (Å²) >= 11 is 0. The van der Waals surface area contributed by atoms with Crippen molar-refractivity contribution in [1.82, 2.24) is 4.72 Å². The third-order valence-electron chi connectivity index (χ3n) is 4.93. The van der Waals surface area contributed by atoms with Gasteiger partial charge < -0.3 is 0 Å². The van der Waals surface area contributed by atoms with E-state index in [-0.39, 0.29) is 12.0 Å². The molecule has 20 heavy (non-hydrogen) atoms. The molecule has 0 heterocycles. The zero-order chi connectivity index (χ0) is 14.6. The van der Waals surface area contributed by atoms with Gasteiger partial charge in [0.25, 0.3) is 0 Å². The van der Waals surface area contributed by atoms with E-state index in [1.54, 1.807) is 0 Å². The predicted octanol–water partition coefficient (Wildman–Crippen LogP) is 2.57. The molecule has 0 aromatic rings. The monoisotopic (exact) mass is 313 g/mol. The van der Waals surface area contributed by atoms with Crippen LogP contribution in [0.1, 0.15) is 38.5 Å². The van der Waals surface area contributed by atoms with Gasteiger partial charge >= 0.3 is 16.6 Å². The molecular formula is C12H18F3NO3S. The van der Waals surface area contributed by atoms with Gasteiger partial charge in [0, 0.05) is 0 Å². The molecule has 0 atom stereocenters. The topological polar surface area (TPSA) is 55.4 Å². The number of alkyl halides is 3. The van der Waals surface area contributed by atoms with Crippen LogP contribution in [0.3, 0.4) is 0 Å². The summed E-state index contributed by atoms with van der Waals surface area (Å²) in [7, 11) is -4.76. The molecular weight excluding hydrogens is 295 g/mol. The molecule has 4 nitrogen and oxygen atoms in total. The second kappa shape index (κ2) is 4.58. The minimum absolute atomic E-state index is 0.123. The van der Waals surface area contributed by atoms with Crippen LogP contribution < -0.4 is 4.72 Å². The summed E-state index contributed by atoms with van der Waals surface area (Å²) in [5, 5.41) is 0. The van der Waals surface area contributed by atoms with E-state index in [0.717, 1.165) is 19.3 Å². The summed E-state index contributed by atoms with van der Waals surface area (Å²) < 4.78 is 64.0. The average molecular weight is 313 g/mol. The third-order valence-corrected chi connectivity index (χ3v) is 5.84. The molecule has 0 saturated heterocycles. The number of hydrogen-bond donors (Lipinski definition) is 1. The Morgan fingerprint density at radius 3 is 1.90 bits per heavy atom. The van der Waals surface area contributed by atoms with E-state index in [2.05, 4.69) is 4.18 Å². The molecule has 4 rings (SSSR count). The highest BCUT2D eigenvalue weighted by Crippen LogP contribution is 2.60.